The van der Waals surface area contributed by atoms with Crippen LogP contribution >= 0.6 is 0 Å². The van der Waals surface area contributed by atoms with Crippen molar-refractivity contribution < 1.29 is 23.8 Å². The van der Waals surface area contributed by atoms with Crippen molar-refractivity contribution in [3.8, 4) is 0 Å². The molecule has 0 amide bonds. The molecule has 0 aromatic heterocycles. The Balaban J connectivity index is 2.01. The fourth-order valence-corrected chi connectivity index (χ4v) is 3.11. The molecule has 0 radical (unpaired) electrons. The quantitative estimate of drug-likeness (QED) is 0.386. The van der Waals surface area contributed by atoms with Crippen molar-refractivity contribution in [3.63, 3.8) is 0 Å². The fraction of sp³-hybridized carbons (Fsp3) is 0.833. The molecule has 104 valence electrons. The number of carbonyl (C=O) groups excluding carboxylic acids is 2. The highest BCUT2D eigenvalue weighted by Crippen LogP contribution is 2.04. The van der Waals surface area contributed by atoms with E-state index < -0.39 is 0 Å². The Morgan fingerprint density at radius 1 is 1.11 bits per heavy atom. The summed E-state index contributed by atoms with van der Waals surface area (Å²) < 4.78 is 15.1. The molecule has 0 aromatic rings. The van der Waals surface area contributed by atoms with E-state index in [0.29, 0.717) is 12.2 Å². The standard InChI is InChI=1S/C12H21O5S/c1-2-3-11(13)16-4-5-17-12(14)10-18-8-6-15-7-9-18/h2-10H2,1H3/q+1. The third-order valence-electron chi connectivity index (χ3n) is 2.42. The molecule has 1 fully saturated rings. The summed E-state index contributed by atoms with van der Waals surface area (Å²) in [7, 11) is 0.101. The molecule has 1 heterocycles. The summed E-state index contributed by atoms with van der Waals surface area (Å²) >= 11 is 0. The van der Waals surface area contributed by atoms with Gasteiger partial charge < -0.3 is 14.2 Å². The minimum absolute atomic E-state index is 0.101. The summed E-state index contributed by atoms with van der Waals surface area (Å²) in [6.07, 6.45) is 1.18. The van der Waals surface area contributed by atoms with Gasteiger partial charge in [-0.1, -0.05) is 6.92 Å². The molecule has 5 nitrogen and oxygen atoms in total. The zero-order valence-corrected chi connectivity index (χ0v) is 11.6. The van der Waals surface area contributed by atoms with E-state index in [-0.39, 0.29) is 36.0 Å². The first-order valence-electron chi connectivity index (χ1n) is 6.25. The molecule has 0 bridgehead atoms. The number of rotatable bonds is 7. The third-order valence-corrected chi connectivity index (χ3v) is 4.55. The van der Waals surface area contributed by atoms with Crippen LogP contribution in [-0.2, 0) is 34.7 Å². The maximum absolute atomic E-state index is 11.5. The number of esters is 2. The van der Waals surface area contributed by atoms with Crippen molar-refractivity contribution >= 4 is 22.8 Å². The van der Waals surface area contributed by atoms with Gasteiger partial charge in [0.1, 0.15) is 24.7 Å². The largest absolute Gasteiger partial charge is 0.462 e. The first-order valence-corrected chi connectivity index (χ1v) is 7.98. The maximum Gasteiger partial charge on any atom is 0.356 e. The van der Waals surface area contributed by atoms with Crippen LogP contribution in [0.3, 0.4) is 0 Å². The Morgan fingerprint density at radius 3 is 2.33 bits per heavy atom. The highest BCUT2D eigenvalue weighted by molar-refractivity contribution is 7.97. The van der Waals surface area contributed by atoms with E-state index in [9.17, 15) is 9.59 Å². The van der Waals surface area contributed by atoms with Gasteiger partial charge in [-0.05, 0) is 6.42 Å². The van der Waals surface area contributed by atoms with Crippen LogP contribution in [0.1, 0.15) is 19.8 Å². The molecule has 18 heavy (non-hydrogen) atoms. The second-order valence-electron chi connectivity index (χ2n) is 3.97. The van der Waals surface area contributed by atoms with Crippen LogP contribution in [0.4, 0.5) is 0 Å². The molecule has 1 rings (SSSR count). The predicted octanol–water partition coefficient (Wildman–Crippen LogP) is 0.521. The average Bonchev–Trinajstić information content (AvgIpc) is 2.36. The van der Waals surface area contributed by atoms with Crippen LogP contribution in [0.2, 0.25) is 0 Å². The SMILES string of the molecule is CCCC(=O)OCCOC(=O)C[S+]1CCOCC1. The molecule has 0 aromatic carbocycles. The van der Waals surface area contributed by atoms with Crippen LogP contribution in [0, 0.1) is 0 Å². The Hall–Kier alpha value is -0.750. The lowest BCUT2D eigenvalue weighted by atomic mass is 10.3. The van der Waals surface area contributed by atoms with Crippen LogP contribution in [0.5, 0.6) is 0 Å². The Kier molecular flexibility index (Phi) is 7.84. The normalized spacial score (nSPS) is 16.3. The summed E-state index contributed by atoms with van der Waals surface area (Å²) in [4.78, 5) is 22.5. The molecule has 1 saturated heterocycles. The summed E-state index contributed by atoms with van der Waals surface area (Å²) in [6.45, 7) is 3.70. The van der Waals surface area contributed by atoms with Gasteiger partial charge in [-0.2, -0.15) is 0 Å². The maximum atomic E-state index is 11.5. The molecule has 0 unspecified atom stereocenters. The molecule has 0 saturated carbocycles. The molecule has 0 aliphatic carbocycles. The van der Waals surface area contributed by atoms with Crippen molar-refractivity contribution in [2.75, 3.05) is 43.7 Å². The van der Waals surface area contributed by atoms with Gasteiger partial charge >= 0.3 is 11.9 Å². The zero-order valence-electron chi connectivity index (χ0n) is 10.8. The Bertz CT molecular complexity index is 263. The lowest BCUT2D eigenvalue weighted by molar-refractivity contribution is -0.150. The predicted molar refractivity (Wildman–Crippen MR) is 69.6 cm³/mol. The first-order chi connectivity index (χ1) is 8.72. The van der Waals surface area contributed by atoms with Gasteiger partial charge in [0.2, 0.25) is 5.75 Å². The first kappa shape index (κ1) is 15.3. The fourth-order valence-electron chi connectivity index (χ4n) is 1.50. The molecule has 6 heteroatoms. The number of hydrogen-bond donors (Lipinski definition) is 0. The molecular formula is C12H21O5S+. The van der Waals surface area contributed by atoms with Crippen molar-refractivity contribution in [2.45, 2.75) is 19.8 Å². The van der Waals surface area contributed by atoms with Crippen molar-refractivity contribution in [3.05, 3.63) is 0 Å². The number of ether oxygens (including phenoxy) is 3. The van der Waals surface area contributed by atoms with Gasteiger partial charge in [0.25, 0.3) is 0 Å². The summed E-state index contributed by atoms with van der Waals surface area (Å²) in [5.74, 6) is 1.92. The van der Waals surface area contributed by atoms with Gasteiger partial charge in [-0.25, -0.2) is 4.79 Å². The van der Waals surface area contributed by atoms with Crippen LogP contribution in [0.15, 0.2) is 0 Å². The molecule has 1 aliphatic rings. The lowest BCUT2D eigenvalue weighted by Gasteiger charge is -2.13. The van der Waals surface area contributed by atoms with E-state index in [0.717, 1.165) is 31.1 Å². The van der Waals surface area contributed by atoms with Crippen molar-refractivity contribution in [2.24, 2.45) is 0 Å². The molecule has 0 N–H and O–H groups in total. The zero-order chi connectivity index (χ0) is 13.2. The van der Waals surface area contributed by atoms with Gasteiger partial charge in [-0.3, -0.25) is 4.79 Å². The smallest absolute Gasteiger partial charge is 0.356 e. The Morgan fingerprint density at radius 2 is 1.72 bits per heavy atom. The Labute approximate surface area is 111 Å². The minimum atomic E-state index is -0.236. The summed E-state index contributed by atoms with van der Waals surface area (Å²) in [6, 6.07) is 0. The molecule has 0 atom stereocenters. The minimum Gasteiger partial charge on any atom is -0.462 e. The van der Waals surface area contributed by atoms with Crippen molar-refractivity contribution in [1.82, 2.24) is 0 Å². The highest BCUT2D eigenvalue weighted by atomic mass is 32.2. The number of carbonyl (C=O) groups is 2. The summed E-state index contributed by atoms with van der Waals surface area (Å²) in [5.41, 5.74) is 0. The molecule has 1 aliphatic heterocycles. The van der Waals surface area contributed by atoms with Crippen LogP contribution in [0.25, 0.3) is 0 Å². The number of hydrogen-bond acceptors (Lipinski definition) is 5. The van der Waals surface area contributed by atoms with E-state index in [4.69, 9.17) is 14.2 Å². The summed E-state index contributed by atoms with van der Waals surface area (Å²) in [5, 5.41) is 0. The van der Waals surface area contributed by atoms with E-state index >= 15 is 0 Å². The third kappa shape index (κ3) is 6.86. The van der Waals surface area contributed by atoms with Gasteiger partial charge in [0.05, 0.1) is 13.2 Å². The van der Waals surface area contributed by atoms with Crippen LogP contribution in [-0.4, -0.2) is 55.6 Å². The van der Waals surface area contributed by atoms with E-state index in [1.54, 1.807) is 0 Å². The van der Waals surface area contributed by atoms with Gasteiger partial charge in [0, 0.05) is 17.3 Å². The van der Waals surface area contributed by atoms with E-state index in [1.165, 1.54) is 0 Å². The van der Waals surface area contributed by atoms with E-state index in [1.807, 2.05) is 6.92 Å². The lowest BCUT2D eigenvalue weighted by Crippen LogP contribution is -2.32. The average molecular weight is 277 g/mol. The second kappa shape index (κ2) is 9.22. The monoisotopic (exact) mass is 277 g/mol. The molecule has 0 spiro atoms. The van der Waals surface area contributed by atoms with E-state index in [2.05, 4.69) is 0 Å². The molecular weight excluding hydrogens is 256 g/mol. The topological polar surface area (TPSA) is 61.8 Å². The highest BCUT2D eigenvalue weighted by Gasteiger charge is 2.26. The van der Waals surface area contributed by atoms with Gasteiger partial charge in [0.15, 0.2) is 0 Å². The van der Waals surface area contributed by atoms with Crippen LogP contribution < -0.4 is 0 Å². The van der Waals surface area contributed by atoms with Gasteiger partial charge in [-0.15, -0.1) is 0 Å². The second-order valence-corrected chi connectivity index (χ2v) is 6.30. The van der Waals surface area contributed by atoms with Crippen molar-refractivity contribution in [1.29, 1.82) is 0 Å².